The summed E-state index contributed by atoms with van der Waals surface area (Å²) in [7, 11) is 0. The van der Waals surface area contributed by atoms with Gasteiger partial charge in [0.15, 0.2) is 12.4 Å². The first-order valence-corrected chi connectivity index (χ1v) is 9.95. The number of benzene rings is 2. The van der Waals surface area contributed by atoms with E-state index in [4.69, 9.17) is 4.74 Å². The highest BCUT2D eigenvalue weighted by Gasteiger charge is 2.27. The van der Waals surface area contributed by atoms with Crippen molar-refractivity contribution in [3.05, 3.63) is 59.2 Å². The number of fused-ring (bicyclic) bond motifs is 2. The largest absolute Gasteiger partial charge is 0.482 e. The minimum absolute atomic E-state index is 0.0245. The average Bonchev–Trinajstić information content (AvgIpc) is 2.74. The van der Waals surface area contributed by atoms with Crippen molar-refractivity contribution in [2.24, 2.45) is 0 Å². The minimum atomic E-state index is -0.155. The van der Waals surface area contributed by atoms with E-state index in [0.29, 0.717) is 42.9 Å². The Kier molecular flexibility index (Phi) is 5.34. The first-order chi connectivity index (χ1) is 14.0. The lowest BCUT2D eigenvalue weighted by molar-refractivity contribution is -0.132. The first-order valence-electron chi connectivity index (χ1n) is 9.95. The second-order valence-electron chi connectivity index (χ2n) is 7.51. The summed E-state index contributed by atoms with van der Waals surface area (Å²) in [6.07, 6.45) is 1.83. The van der Waals surface area contributed by atoms with E-state index in [1.807, 2.05) is 17.0 Å². The van der Waals surface area contributed by atoms with Gasteiger partial charge in [0, 0.05) is 31.6 Å². The van der Waals surface area contributed by atoms with Gasteiger partial charge in [0.1, 0.15) is 5.75 Å². The Morgan fingerprint density at radius 2 is 1.90 bits per heavy atom. The molecule has 0 aliphatic carbocycles. The van der Waals surface area contributed by atoms with Crippen LogP contribution in [-0.4, -0.2) is 42.2 Å². The predicted molar refractivity (Wildman–Crippen MR) is 109 cm³/mol. The fourth-order valence-electron chi connectivity index (χ4n) is 3.92. The standard InChI is InChI=1S/C23H24N2O4/c1-16(26)18-8-9-21-20(13-18)25(23(28)15-29-21)11-4-7-22(27)24-12-10-17-5-2-3-6-19(17)14-24/h2-3,5-6,8-9,13H,4,7,10-12,14-15H2,1H3. The Morgan fingerprint density at radius 3 is 2.69 bits per heavy atom. The van der Waals surface area contributed by atoms with Gasteiger partial charge in [-0.15, -0.1) is 0 Å². The number of hydrogen-bond acceptors (Lipinski definition) is 4. The summed E-state index contributed by atoms with van der Waals surface area (Å²) < 4.78 is 5.48. The molecule has 2 aromatic rings. The number of amides is 2. The highest BCUT2D eigenvalue weighted by atomic mass is 16.5. The Hall–Kier alpha value is -3.15. The van der Waals surface area contributed by atoms with E-state index in [1.165, 1.54) is 18.1 Å². The van der Waals surface area contributed by atoms with E-state index in [-0.39, 0.29) is 24.2 Å². The molecule has 6 nitrogen and oxygen atoms in total. The maximum absolute atomic E-state index is 12.7. The summed E-state index contributed by atoms with van der Waals surface area (Å²) in [4.78, 5) is 40.3. The van der Waals surface area contributed by atoms with Gasteiger partial charge in [0.2, 0.25) is 5.91 Å². The lowest BCUT2D eigenvalue weighted by Crippen LogP contribution is -2.40. The molecule has 0 N–H and O–H groups in total. The number of nitrogens with zero attached hydrogens (tertiary/aromatic N) is 2. The molecule has 0 fully saturated rings. The first kappa shape index (κ1) is 19.2. The summed E-state index contributed by atoms with van der Waals surface area (Å²) in [6, 6.07) is 13.3. The fraction of sp³-hybridized carbons (Fsp3) is 0.348. The zero-order valence-corrected chi connectivity index (χ0v) is 16.5. The topological polar surface area (TPSA) is 66.9 Å². The van der Waals surface area contributed by atoms with Gasteiger partial charge in [0.05, 0.1) is 5.69 Å². The quantitative estimate of drug-likeness (QED) is 0.734. The van der Waals surface area contributed by atoms with E-state index in [0.717, 1.165) is 13.0 Å². The van der Waals surface area contributed by atoms with Crippen molar-refractivity contribution >= 4 is 23.3 Å². The molecule has 0 atom stereocenters. The molecule has 2 amide bonds. The van der Waals surface area contributed by atoms with Gasteiger partial charge in [-0.25, -0.2) is 0 Å². The molecule has 4 rings (SSSR count). The van der Waals surface area contributed by atoms with Gasteiger partial charge in [-0.05, 0) is 49.1 Å². The summed E-state index contributed by atoms with van der Waals surface area (Å²) >= 11 is 0. The Balaban J connectivity index is 1.38. The lowest BCUT2D eigenvalue weighted by Gasteiger charge is -2.31. The van der Waals surface area contributed by atoms with Crippen LogP contribution in [0.15, 0.2) is 42.5 Å². The number of carbonyl (C=O) groups is 3. The van der Waals surface area contributed by atoms with Crippen LogP contribution in [-0.2, 0) is 22.6 Å². The molecule has 0 unspecified atom stereocenters. The second-order valence-corrected chi connectivity index (χ2v) is 7.51. The lowest BCUT2D eigenvalue weighted by atomic mass is 9.99. The van der Waals surface area contributed by atoms with Gasteiger partial charge in [-0.1, -0.05) is 24.3 Å². The fourth-order valence-corrected chi connectivity index (χ4v) is 3.92. The third-order valence-electron chi connectivity index (χ3n) is 5.56. The Morgan fingerprint density at radius 1 is 1.10 bits per heavy atom. The van der Waals surface area contributed by atoms with Crippen LogP contribution in [0.5, 0.6) is 5.75 Å². The monoisotopic (exact) mass is 392 g/mol. The smallest absolute Gasteiger partial charge is 0.265 e. The normalized spacial score (nSPS) is 15.4. The second kappa shape index (κ2) is 8.07. The molecule has 2 heterocycles. The molecule has 0 radical (unpaired) electrons. The van der Waals surface area contributed by atoms with Crippen molar-refractivity contribution in [1.82, 2.24) is 4.90 Å². The zero-order valence-electron chi connectivity index (χ0n) is 16.5. The van der Waals surface area contributed by atoms with E-state index in [9.17, 15) is 14.4 Å². The molecule has 0 saturated heterocycles. The summed E-state index contributed by atoms with van der Waals surface area (Å²) in [5, 5.41) is 0. The number of hydrogen-bond donors (Lipinski definition) is 0. The predicted octanol–water partition coefficient (Wildman–Crippen LogP) is 2.98. The molecule has 0 bridgehead atoms. The van der Waals surface area contributed by atoms with Crippen molar-refractivity contribution in [3.63, 3.8) is 0 Å². The summed E-state index contributed by atoms with van der Waals surface area (Å²) in [5.74, 6) is 0.482. The summed E-state index contributed by atoms with van der Waals surface area (Å²) in [5.41, 5.74) is 3.66. The maximum atomic E-state index is 12.7. The number of anilines is 1. The van der Waals surface area contributed by atoms with E-state index < -0.39 is 0 Å². The molecule has 0 spiro atoms. The molecule has 6 heteroatoms. The molecular weight excluding hydrogens is 368 g/mol. The van der Waals surface area contributed by atoms with Gasteiger partial charge < -0.3 is 14.5 Å². The van der Waals surface area contributed by atoms with Crippen molar-refractivity contribution in [2.75, 3.05) is 24.6 Å². The molecule has 29 heavy (non-hydrogen) atoms. The van der Waals surface area contributed by atoms with E-state index in [1.54, 1.807) is 23.1 Å². The highest BCUT2D eigenvalue weighted by molar-refractivity contribution is 6.01. The summed E-state index contributed by atoms with van der Waals surface area (Å²) in [6.45, 7) is 3.27. The van der Waals surface area contributed by atoms with E-state index >= 15 is 0 Å². The van der Waals surface area contributed by atoms with Crippen LogP contribution in [0, 0.1) is 0 Å². The van der Waals surface area contributed by atoms with Crippen LogP contribution >= 0.6 is 0 Å². The van der Waals surface area contributed by atoms with Crippen molar-refractivity contribution in [3.8, 4) is 5.75 Å². The third kappa shape index (κ3) is 4.01. The minimum Gasteiger partial charge on any atom is -0.482 e. The van der Waals surface area contributed by atoms with Crippen molar-refractivity contribution in [1.29, 1.82) is 0 Å². The van der Waals surface area contributed by atoms with Crippen LogP contribution in [0.4, 0.5) is 5.69 Å². The van der Waals surface area contributed by atoms with Gasteiger partial charge in [0.25, 0.3) is 5.91 Å². The molecule has 150 valence electrons. The maximum Gasteiger partial charge on any atom is 0.265 e. The van der Waals surface area contributed by atoms with Gasteiger partial charge in [-0.3, -0.25) is 14.4 Å². The highest BCUT2D eigenvalue weighted by Crippen LogP contribution is 2.33. The van der Waals surface area contributed by atoms with Crippen LogP contribution in [0.3, 0.4) is 0 Å². The zero-order chi connectivity index (χ0) is 20.4. The van der Waals surface area contributed by atoms with Crippen LogP contribution < -0.4 is 9.64 Å². The van der Waals surface area contributed by atoms with Crippen molar-refractivity contribution in [2.45, 2.75) is 32.7 Å². The molecule has 2 aromatic carbocycles. The number of ketones is 1. The molecular formula is C23H24N2O4. The van der Waals surface area contributed by atoms with Crippen molar-refractivity contribution < 1.29 is 19.1 Å². The Bertz CT molecular complexity index is 969. The number of carbonyl (C=O) groups excluding carboxylic acids is 3. The molecule has 0 aromatic heterocycles. The third-order valence-corrected chi connectivity index (χ3v) is 5.56. The van der Waals surface area contributed by atoms with Gasteiger partial charge in [-0.2, -0.15) is 0 Å². The molecule has 2 aliphatic rings. The van der Waals surface area contributed by atoms with E-state index in [2.05, 4.69) is 12.1 Å². The number of ether oxygens (including phenoxy) is 1. The number of rotatable bonds is 5. The SMILES string of the molecule is CC(=O)c1ccc2c(c1)N(CCCC(=O)N1CCc3ccccc3C1)C(=O)CO2. The number of Topliss-reactive ketones (excluding diaryl/α,β-unsaturated/α-hetero) is 1. The van der Waals surface area contributed by atoms with Crippen LogP contribution in [0.25, 0.3) is 0 Å². The average molecular weight is 392 g/mol. The van der Waals surface area contributed by atoms with Gasteiger partial charge >= 0.3 is 0 Å². The van der Waals surface area contributed by atoms with Crippen LogP contribution in [0.1, 0.15) is 41.3 Å². The molecule has 0 saturated carbocycles. The Labute approximate surface area is 170 Å². The van der Waals surface area contributed by atoms with Crippen LogP contribution in [0.2, 0.25) is 0 Å². The molecule has 2 aliphatic heterocycles.